The molecule has 0 bridgehead atoms. The molecule has 3 N–H and O–H groups in total. The van der Waals surface area contributed by atoms with E-state index in [0.29, 0.717) is 11.7 Å². The van der Waals surface area contributed by atoms with Crippen LogP contribution in [0.15, 0.2) is 24.3 Å². The van der Waals surface area contributed by atoms with Gasteiger partial charge in [0.15, 0.2) is 0 Å². The van der Waals surface area contributed by atoms with Gasteiger partial charge in [-0.25, -0.2) is 4.79 Å². The third kappa shape index (κ3) is 2.40. The average molecular weight is 205 g/mol. The quantitative estimate of drug-likeness (QED) is 0.720. The molecule has 4 heteroatoms. The standard InChI is InChI=1S/C11H15N3O/c1-14(11(15)13-9-4-5-9)10-6-2-8(12)3-7-10/h2-3,6-7,9H,4-5,12H2,1H3,(H,13,15). The van der Waals surface area contributed by atoms with Gasteiger partial charge in [-0.2, -0.15) is 0 Å². The highest BCUT2D eigenvalue weighted by molar-refractivity contribution is 5.91. The van der Waals surface area contributed by atoms with Gasteiger partial charge in [0.05, 0.1) is 0 Å². The zero-order valence-electron chi connectivity index (χ0n) is 8.73. The van der Waals surface area contributed by atoms with Crippen LogP contribution in [-0.2, 0) is 0 Å². The van der Waals surface area contributed by atoms with Crippen molar-refractivity contribution in [1.82, 2.24) is 5.32 Å². The lowest BCUT2D eigenvalue weighted by Crippen LogP contribution is -2.38. The highest BCUT2D eigenvalue weighted by Crippen LogP contribution is 2.20. The van der Waals surface area contributed by atoms with E-state index in [1.165, 1.54) is 0 Å². The zero-order valence-corrected chi connectivity index (χ0v) is 8.73. The molecular formula is C11H15N3O. The van der Waals surface area contributed by atoms with Gasteiger partial charge in [-0.1, -0.05) is 0 Å². The Morgan fingerprint density at radius 3 is 2.53 bits per heavy atom. The van der Waals surface area contributed by atoms with Crippen molar-refractivity contribution in [3.8, 4) is 0 Å². The first-order chi connectivity index (χ1) is 7.16. The average Bonchev–Trinajstić information content (AvgIpc) is 3.02. The Morgan fingerprint density at radius 2 is 2.00 bits per heavy atom. The number of hydrogen-bond donors (Lipinski definition) is 2. The fourth-order valence-electron chi connectivity index (χ4n) is 1.31. The molecule has 0 heterocycles. The lowest BCUT2D eigenvalue weighted by molar-refractivity contribution is 0.247. The number of amides is 2. The normalized spacial score (nSPS) is 14.7. The number of nitrogens with one attached hydrogen (secondary N) is 1. The maximum Gasteiger partial charge on any atom is 0.321 e. The number of nitrogens with two attached hydrogens (primary N) is 1. The molecule has 0 radical (unpaired) electrons. The summed E-state index contributed by atoms with van der Waals surface area (Å²) in [5.74, 6) is 0. The van der Waals surface area contributed by atoms with Crippen LogP contribution >= 0.6 is 0 Å². The summed E-state index contributed by atoms with van der Waals surface area (Å²) in [5.41, 5.74) is 7.13. The minimum Gasteiger partial charge on any atom is -0.399 e. The van der Waals surface area contributed by atoms with Gasteiger partial charge in [0.1, 0.15) is 0 Å². The molecule has 0 spiro atoms. The van der Waals surface area contributed by atoms with E-state index in [9.17, 15) is 4.79 Å². The number of carbonyl (C=O) groups excluding carboxylic acids is 1. The number of urea groups is 1. The summed E-state index contributed by atoms with van der Waals surface area (Å²) in [6.45, 7) is 0. The molecule has 2 rings (SSSR count). The van der Waals surface area contributed by atoms with Gasteiger partial charge in [-0.3, -0.25) is 4.90 Å². The predicted octanol–water partition coefficient (Wildman–Crippen LogP) is 1.58. The number of hydrogen-bond acceptors (Lipinski definition) is 2. The van der Waals surface area contributed by atoms with E-state index in [0.717, 1.165) is 18.5 Å². The van der Waals surface area contributed by atoms with E-state index in [1.54, 1.807) is 24.1 Å². The van der Waals surface area contributed by atoms with Gasteiger partial charge in [0, 0.05) is 24.5 Å². The van der Waals surface area contributed by atoms with Crippen molar-refractivity contribution < 1.29 is 4.79 Å². The molecule has 0 aliphatic heterocycles. The SMILES string of the molecule is CN(C(=O)NC1CC1)c1ccc(N)cc1. The van der Waals surface area contributed by atoms with Crippen molar-refractivity contribution in [2.75, 3.05) is 17.7 Å². The minimum absolute atomic E-state index is 0.0535. The Morgan fingerprint density at radius 1 is 1.40 bits per heavy atom. The predicted molar refractivity (Wildman–Crippen MR) is 60.8 cm³/mol. The lowest BCUT2D eigenvalue weighted by Gasteiger charge is -2.17. The van der Waals surface area contributed by atoms with Crippen LogP contribution in [0, 0.1) is 0 Å². The Bertz CT molecular complexity index is 357. The van der Waals surface area contributed by atoms with E-state index >= 15 is 0 Å². The van der Waals surface area contributed by atoms with Crippen LogP contribution < -0.4 is 16.0 Å². The van der Waals surface area contributed by atoms with Crippen LogP contribution in [0.25, 0.3) is 0 Å². The molecule has 1 aromatic carbocycles. The first-order valence-corrected chi connectivity index (χ1v) is 5.06. The van der Waals surface area contributed by atoms with E-state index in [2.05, 4.69) is 5.32 Å². The van der Waals surface area contributed by atoms with Crippen molar-refractivity contribution in [1.29, 1.82) is 0 Å². The van der Waals surface area contributed by atoms with Gasteiger partial charge < -0.3 is 11.1 Å². The van der Waals surface area contributed by atoms with E-state index < -0.39 is 0 Å². The first kappa shape index (κ1) is 9.83. The fraction of sp³-hybridized carbons (Fsp3) is 0.364. The van der Waals surface area contributed by atoms with Gasteiger partial charge >= 0.3 is 6.03 Å². The second-order valence-corrected chi connectivity index (χ2v) is 3.87. The van der Waals surface area contributed by atoms with Gasteiger partial charge in [-0.15, -0.1) is 0 Å². The molecule has 15 heavy (non-hydrogen) atoms. The molecule has 0 aromatic heterocycles. The second kappa shape index (κ2) is 3.81. The number of anilines is 2. The molecule has 0 unspecified atom stereocenters. The van der Waals surface area contributed by atoms with Crippen LogP contribution in [0.5, 0.6) is 0 Å². The summed E-state index contributed by atoms with van der Waals surface area (Å²) in [4.78, 5) is 13.3. The molecular weight excluding hydrogens is 190 g/mol. The van der Waals surface area contributed by atoms with Crippen molar-refractivity contribution in [2.24, 2.45) is 0 Å². The monoisotopic (exact) mass is 205 g/mol. The van der Waals surface area contributed by atoms with Gasteiger partial charge in [0.25, 0.3) is 0 Å². The molecule has 4 nitrogen and oxygen atoms in total. The third-order valence-corrected chi connectivity index (χ3v) is 2.49. The zero-order chi connectivity index (χ0) is 10.8. The maximum atomic E-state index is 11.7. The molecule has 80 valence electrons. The van der Waals surface area contributed by atoms with Crippen molar-refractivity contribution in [3.63, 3.8) is 0 Å². The Labute approximate surface area is 89.1 Å². The molecule has 2 amide bonds. The third-order valence-electron chi connectivity index (χ3n) is 2.49. The largest absolute Gasteiger partial charge is 0.399 e. The van der Waals surface area contributed by atoms with Crippen LogP contribution in [-0.4, -0.2) is 19.1 Å². The minimum atomic E-state index is -0.0535. The number of carbonyl (C=O) groups is 1. The summed E-state index contributed by atoms with van der Waals surface area (Å²) in [5, 5.41) is 2.92. The summed E-state index contributed by atoms with van der Waals surface area (Å²) in [7, 11) is 1.75. The molecule has 0 atom stereocenters. The Hall–Kier alpha value is -1.71. The molecule has 1 fully saturated rings. The van der Waals surface area contributed by atoms with E-state index in [4.69, 9.17) is 5.73 Å². The molecule has 0 saturated heterocycles. The van der Waals surface area contributed by atoms with Crippen LogP contribution in [0.4, 0.5) is 16.2 Å². The highest BCUT2D eigenvalue weighted by Gasteiger charge is 2.24. The summed E-state index contributed by atoms with van der Waals surface area (Å²) < 4.78 is 0. The van der Waals surface area contributed by atoms with Crippen LogP contribution in [0.3, 0.4) is 0 Å². The van der Waals surface area contributed by atoms with Crippen LogP contribution in [0.2, 0.25) is 0 Å². The lowest BCUT2D eigenvalue weighted by atomic mass is 10.3. The molecule has 1 saturated carbocycles. The summed E-state index contributed by atoms with van der Waals surface area (Å²) in [6, 6.07) is 7.58. The summed E-state index contributed by atoms with van der Waals surface area (Å²) >= 11 is 0. The number of rotatable bonds is 2. The van der Waals surface area contributed by atoms with Crippen LogP contribution in [0.1, 0.15) is 12.8 Å². The highest BCUT2D eigenvalue weighted by atomic mass is 16.2. The molecule has 1 aliphatic carbocycles. The number of nitrogen functional groups attached to an aromatic ring is 1. The molecule has 1 aromatic rings. The summed E-state index contributed by atoms with van der Waals surface area (Å²) in [6.07, 6.45) is 2.20. The van der Waals surface area contributed by atoms with Crippen molar-refractivity contribution in [3.05, 3.63) is 24.3 Å². The maximum absolute atomic E-state index is 11.7. The molecule has 1 aliphatic rings. The fourth-order valence-corrected chi connectivity index (χ4v) is 1.31. The topological polar surface area (TPSA) is 58.4 Å². The van der Waals surface area contributed by atoms with E-state index in [1.807, 2.05) is 12.1 Å². The Balaban J connectivity index is 2.02. The smallest absolute Gasteiger partial charge is 0.321 e. The number of nitrogens with zero attached hydrogens (tertiary/aromatic N) is 1. The second-order valence-electron chi connectivity index (χ2n) is 3.87. The van der Waals surface area contributed by atoms with E-state index in [-0.39, 0.29) is 6.03 Å². The van der Waals surface area contributed by atoms with Crippen molar-refractivity contribution in [2.45, 2.75) is 18.9 Å². The first-order valence-electron chi connectivity index (χ1n) is 5.06. The van der Waals surface area contributed by atoms with Gasteiger partial charge in [-0.05, 0) is 37.1 Å². The van der Waals surface area contributed by atoms with Crippen molar-refractivity contribution >= 4 is 17.4 Å². The van der Waals surface area contributed by atoms with Gasteiger partial charge in [0.2, 0.25) is 0 Å². The Kier molecular flexibility index (Phi) is 2.49. The number of benzene rings is 1.